The lowest BCUT2D eigenvalue weighted by Gasteiger charge is -2.34. The second kappa shape index (κ2) is 9.69. The average molecular weight is 463 g/mol. The van der Waals surface area contributed by atoms with Gasteiger partial charge in [-0.15, -0.1) is 0 Å². The molecule has 0 saturated carbocycles. The molecule has 7 nitrogen and oxygen atoms in total. The van der Waals surface area contributed by atoms with E-state index in [0.29, 0.717) is 5.75 Å². The summed E-state index contributed by atoms with van der Waals surface area (Å²) in [5.74, 6) is -1.61. The molecule has 0 aliphatic carbocycles. The molecule has 28 heavy (non-hydrogen) atoms. The largest absolute Gasteiger partial charge is 0.508 e. The Balaban J connectivity index is 0.000000345. The number of benzene rings is 1. The van der Waals surface area contributed by atoms with Crippen LogP contribution in [-0.4, -0.2) is 63.4 Å². The molecule has 3 rings (SSSR count). The summed E-state index contributed by atoms with van der Waals surface area (Å²) >= 11 is 3.45. The van der Waals surface area contributed by atoms with Crippen LogP contribution in [0.5, 0.6) is 5.75 Å². The van der Waals surface area contributed by atoms with Gasteiger partial charge >= 0.3 is 12.1 Å². The lowest BCUT2D eigenvalue weighted by Crippen LogP contribution is -2.46. The van der Waals surface area contributed by atoms with Gasteiger partial charge in [0.25, 0.3) is 0 Å². The van der Waals surface area contributed by atoms with E-state index in [1.165, 1.54) is 0 Å². The number of nitrogens with zero attached hydrogens (tertiary/aromatic N) is 4. The number of aromatic hydroxyl groups is 1. The highest BCUT2D eigenvalue weighted by Gasteiger charge is 2.38. The lowest BCUT2D eigenvalue weighted by molar-refractivity contribution is -0.192. The van der Waals surface area contributed by atoms with Crippen LogP contribution in [0.3, 0.4) is 0 Å². The Morgan fingerprint density at radius 3 is 2.25 bits per heavy atom. The van der Waals surface area contributed by atoms with Gasteiger partial charge in [0.15, 0.2) is 0 Å². The Bertz CT molecular complexity index is 785. The van der Waals surface area contributed by atoms with Crippen LogP contribution < -0.4 is 4.90 Å². The monoisotopic (exact) mass is 462 g/mol. The minimum absolute atomic E-state index is 0.354. The van der Waals surface area contributed by atoms with E-state index in [9.17, 15) is 18.3 Å². The molecule has 0 atom stereocenters. The number of phenols is 1. The van der Waals surface area contributed by atoms with E-state index in [4.69, 9.17) is 9.90 Å². The summed E-state index contributed by atoms with van der Waals surface area (Å²) in [4.78, 5) is 22.0. The van der Waals surface area contributed by atoms with Gasteiger partial charge in [-0.05, 0) is 24.3 Å². The molecule has 2 heterocycles. The van der Waals surface area contributed by atoms with Crippen molar-refractivity contribution in [1.29, 1.82) is 0 Å². The van der Waals surface area contributed by atoms with Gasteiger partial charge in [-0.25, -0.2) is 14.8 Å². The van der Waals surface area contributed by atoms with Crippen LogP contribution in [0, 0.1) is 0 Å². The maximum absolute atomic E-state index is 10.6. The summed E-state index contributed by atoms with van der Waals surface area (Å²) in [6, 6.07) is 7.38. The molecule has 2 N–H and O–H groups in total. The van der Waals surface area contributed by atoms with Gasteiger partial charge in [0, 0.05) is 55.2 Å². The van der Waals surface area contributed by atoms with Crippen LogP contribution in [0.1, 0.15) is 5.56 Å². The predicted molar refractivity (Wildman–Crippen MR) is 99.0 cm³/mol. The molecule has 1 fully saturated rings. The van der Waals surface area contributed by atoms with Crippen LogP contribution in [0.4, 0.5) is 19.1 Å². The van der Waals surface area contributed by atoms with Crippen LogP contribution in [0.15, 0.2) is 41.1 Å². The third-order valence-electron chi connectivity index (χ3n) is 3.89. The fourth-order valence-corrected chi connectivity index (χ4v) is 2.89. The second-order valence-corrected chi connectivity index (χ2v) is 6.80. The van der Waals surface area contributed by atoms with Crippen molar-refractivity contribution in [3.8, 4) is 5.75 Å². The lowest BCUT2D eigenvalue weighted by atomic mass is 10.1. The quantitative estimate of drug-likeness (QED) is 0.724. The Hall–Kier alpha value is -2.40. The molecular formula is C17H18BrF3N4O3. The van der Waals surface area contributed by atoms with Crippen molar-refractivity contribution in [3.05, 3.63) is 46.7 Å². The topological polar surface area (TPSA) is 89.8 Å². The number of piperazine rings is 1. The number of carboxylic acid groups (broad SMARTS) is 1. The first-order valence-electron chi connectivity index (χ1n) is 8.18. The van der Waals surface area contributed by atoms with E-state index >= 15 is 0 Å². The highest BCUT2D eigenvalue weighted by atomic mass is 79.9. The number of anilines is 1. The second-order valence-electron chi connectivity index (χ2n) is 5.89. The number of halogens is 4. The van der Waals surface area contributed by atoms with Gasteiger partial charge in [-0.1, -0.05) is 15.9 Å². The Morgan fingerprint density at radius 1 is 1.14 bits per heavy atom. The number of carbonyl (C=O) groups is 1. The summed E-state index contributed by atoms with van der Waals surface area (Å²) in [5.41, 5.74) is 0.953. The fourth-order valence-electron chi connectivity index (χ4n) is 2.48. The summed E-state index contributed by atoms with van der Waals surface area (Å²) in [7, 11) is 0. The van der Waals surface area contributed by atoms with Crippen LogP contribution in [0.2, 0.25) is 0 Å². The maximum atomic E-state index is 10.6. The minimum Gasteiger partial charge on any atom is -0.508 e. The van der Waals surface area contributed by atoms with E-state index in [2.05, 4.69) is 35.7 Å². The van der Waals surface area contributed by atoms with E-state index in [0.717, 1.165) is 48.7 Å². The van der Waals surface area contributed by atoms with Crippen molar-refractivity contribution < 1.29 is 28.2 Å². The first-order valence-corrected chi connectivity index (χ1v) is 8.98. The normalized spacial score (nSPS) is 14.9. The molecule has 152 valence electrons. The zero-order valence-electron chi connectivity index (χ0n) is 14.6. The molecule has 0 spiro atoms. The van der Waals surface area contributed by atoms with E-state index < -0.39 is 12.1 Å². The maximum Gasteiger partial charge on any atom is 0.490 e. The van der Waals surface area contributed by atoms with Gasteiger partial charge in [-0.2, -0.15) is 13.2 Å². The average Bonchev–Trinajstić information content (AvgIpc) is 2.66. The number of aromatic nitrogens is 2. The van der Waals surface area contributed by atoms with E-state index in [-0.39, 0.29) is 0 Å². The van der Waals surface area contributed by atoms with Crippen molar-refractivity contribution in [3.63, 3.8) is 0 Å². The van der Waals surface area contributed by atoms with Crippen LogP contribution in [-0.2, 0) is 11.3 Å². The zero-order valence-corrected chi connectivity index (χ0v) is 16.2. The summed E-state index contributed by atoms with van der Waals surface area (Å²) in [6.07, 6.45) is -1.54. The van der Waals surface area contributed by atoms with Crippen molar-refractivity contribution in [2.24, 2.45) is 0 Å². The Kier molecular flexibility index (Phi) is 7.58. The third-order valence-corrected chi connectivity index (χ3v) is 4.38. The van der Waals surface area contributed by atoms with Crippen LogP contribution >= 0.6 is 15.9 Å². The van der Waals surface area contributed by atoms with Crippen molar-refractivity contribution in [1.82, 2.24) is 14.9 Å². The number of alkyl halides is 3. The number of hydrogen-bond donors (Lipinski definition) is 2. The van der Waals surface area contributed by atoms with Gasteiger partial charge in [0.2, 0.25) is 5.95 Å². The van der Waals surface area contributed by atoms with Gasteiger partial charge in [0.05, 0.1) is 0 Å². The predicted octanol–water partition coefficient (Wildman–Crippen LogP) is 2.90. The summed E-state index contributed by atoms with van der Waals surface area (Å²) < 4.78 is 32.7. The Labute approximate surface area is 167 Å². The summed E-state index contributed by atoms with van der Waals surface area (Å²) in [6.45, 7) is 4.43. The van der Waals surface area contributed by atoms with Crippen molar-refractivity contribution in [2.45, 2.75) is 12.7 Å². The minimum atomic E-state index is -5.08. The molecule has 1 aromatic heterocycles. The first kappa shape index (κ1) is 21.9. The molecule has 1 aromatic carbocycles. The first-order chi connectivity index (χ1) is 13.2. The summed E-state index contributed by atoms with van der Waals surface area (Å²) in [5, 5.41) is 17.0. The standard InChI is InChI=1S/C15H17BrN4O.C2HF3O2/c16-13-2-3-14(21)12(10-13)11-19-6-8-20(9-7-19)15-17-4-1-5-18-15;3-2(4,5)1(6)7/h1-5,10,21H,6-9,11H2;(H,6,7). The van der Waals surface area contributed by atoms with Gasteiger partial charge < -0.3 is 15.1 Å². The number of phenolic OH excluding ortho intramolecular Hbond substituents is 1. The molecule has 0 unspecified atom stereocenters. The SMILES string of the molecule is O=C(O)C(F)(F)F.Oc1ccc(Br)cc1CN1CCN(c2ncccn2)CC1. The molecule has 1 aliphatic rings. The van der Waals surface area contributed by atoms with E-state index in [1.54, 1.807) is 18.5 Å². The van der Waals surface area contributed by atoms with Crippen molar-refractivity contribution in [2.75, 3.05) is 31.1 Å². The number of hydrogen-bond acceptors (Lipinski definition) is 6. The number of carboxylic acids is 1. The van der Waals surface area contributed by atoms with Crippen LogP contribution in [0.25, 0.3) is 0 Å². The van der Waals surface area contributed by atoms with Gasteiger partial charge in [0.1, 0.15) is 5.75 Å². The van der Waals surface area contributed by atoms with Crippen molar-refractivity contribution >= 4 is 27.8 Å². The molecule has 1 aliphatic heterocycles. The zero-order chi connectivity index (χ0) is 20.7. The molecular weight excluding hydrogens is 445 g/mol. The molecule has 0 amide bonds. The van der Waals surface area contributed by atoms with E-state index in [1.807, 2.05) is 18.2 Å². The number of rotatable bonds is 3. The molecule has 1 saturated heterocycles. The Morgan fingerprint density at radius 2 is 1.71 bits per heavy atom. The molecule has 2 aromatic rings. The number of aliphatic carboxylic acids is 1. The van der Waals surface area contributed by atoms with Gasteiger partial charge in [-0.3, -0.25) is 4.90 Å². The molecule has 11 heteroatoms. The smallest absolute Gasteiger partial charge is 0.490 e. The highest BCUT2D eigenvalue weighted by molar-refractivity contribution is 9.10. The molecule has 0 bridgehead atoms. The molecule has 0 radical (unpaired) electrons. The third kappa shape index (κ3) is 6.64. The fraction of sp³-hybridized carbons (Fsp3) is 0.353. The highest BCUT2D eigenvalue weighted by Crippen LogP contribution is 2.24.